The molecule has 6 rings (SSSR count). The Hall–Kier alpha value is -5.69. The van der Waals surface area contributed by atoms with Gasteiger partial charge < -0.3 is 41.6 Å². The first-order valence-electron chi connectivity index (χ1n) is 19.8. The van der Waals surface area contributed by atoms with Gasteiger partial charge in [0.2, 0.25) is 5.78 Å². The van der Waals surface area contributed by atoms with E-state index in [1.165, 1.54) is 11.8 Å². The molecule has 60 heavy (non-hydrogen) atoms. The first kappa shape index (κ1) is 48.7. The molecule has 1 aliphatic carbocycles. The van der Waals surface area contributed by atoms with E-state index in [1.54, 1.807) is 64.9 Å². The number of hydrogen-bond acceptors (Lipinski definition) is 10. The summed E-state index contributed by atoms with van der Waals surface area (Å²) in [6, 6.07) is 33.6. The molecule has 2 atom stereocenters. The lowest BCUT2D eigenvalue weighted by molar-refractivity contribution is 0.103. The van der Waals surface area contributed by atoms with Crippen molar-refractivity contribution in [2.24, 2.45) is 0 Å². The number of methoxy groups -OCH3 is 4. The van der Waals surface area contributed by atoms with Gasteiger partial charge in [-0.2, -0.15) is 0 Å². The minimum Gasteiger partial charge on any atom is -0.501 e. The van der Waals surface area contributed by atoms with E-state index in [9.17, 15) is 4.79 Å². The fraction of sp³-hybridized carbons (Fsp3) is 0.271. The van der Waals surface area contributed by atoms with Crippen molar-refractivity contribution in [1.29, 1.82) is 0 Å². The summed E-state index contributed by atoms with van der Waals surface area (Å²) >= 11 is 0. The Bertz CT molecular complexity index is 2130. The van der Waals surface area contributed by atoms with Gasteiger partial charge in [0.15, 0.2) is 23.0 Å². The van der Waals surface area contributed by atoms with Gasteiger partial charge in [0.1, 0.15) is 17.2 Å². The summed E-state index contributed by atoms with van der Waals surface area (Å²) in [6.45, 7) is 13.8. The van der Waals surface area contributed by atoms with Crippen LogP contribution in [0.25, 0.3) is 0 Å². The highest BCUT2D eigenvalue weighted by atomic mass is 31.2. The van der Waals surface area contributed by atoms with Crippen LogP contribution in [0.3, 0.4) is 0 Å². The van der Waals surface area contributed by atoms with Gasteiger partial charge in [-0.1, -0.05) is 101 Å². The summed E-state index contributed by atoms with van der Waals surface area (Å²) in [6.07, 6.45) is 6.20. The fourth-order valence-electron chi connectivity index (χ4n) is 5.70. The van der Waals surface area contributed by atoms with Gasteiger partial charge in [-0.25, -0.2) is 0 Å². The third-order valence-corrected chi connectivity index (χ3v) is 10.3. The van der Waals surface area contributed by atoms with Gasteiger partial charge in [-0.3, -0.25) is 4.79 Å². The molecule has 0 radical (unpaired) electrons. The zero-order valence-electron chi connectivity index (χ0n) is 36.5. The predicted molar refractivity (Wildman–Crippen MR) is 243 cm³/mol. The van der Waals surface area contributed by atoms with Gasteiger partial charge >= 0.3 is 8.60 Å². The minimum absolute atomic E-state index is 0.230. The molecule has 0 spiro atoms. The van der Waals surface area contributed by atoms with Crippen molar-refractivity contribution in [2.45, 2.75) is 54.4 Å². The van der Waals surface area contributed by atoms with Crippen molar-refractivity contribution in [1.82, 2.24) is 0 Å². The lowest BCUT2D eigenvalue weighted by Gasteiger charge is -2.25. The lowest BCUT2D eigenvalue weighted by Crippen LogP contribution is -2.17. The Morgan fingerprint density at radius 2 is 1.02 bits per heavy atom. The first-order chi connectivity index (χ1) is 29.3. The second-order valence-corrected chi connectivity index (χ2v) is 14.3. The summed E-state index contributed by atoms with van der Waals surface area (Å²) in [5.41, 5.74) is 3.72. The van der Waals surface area contributed by atoms with Gasteiger partial charge in [-0.05, 0) is 84.7 Å². The molecule has 0 amide bonds. The Morgan fingerprint density at radius 3 is 1.50 bits per heavy atom. The fourth-order valence-corrected chi connectivity index (χ4v) is 7.51. The summed E-state index contributed by atoms with van der Waals surface area (Å²) < 4.78 is 52.1. The Balaban J connectivity index is 0.000000641. The predicted octanol–water partition coefficient (Wildman–Crippen LogP) is 13.4. The highest BCUT2D eigenvalue weighted by Gasteiger charge is 2.32. The monoisotopic (exact) mass is 856 g/mol. The van der Waals surface area contributed by atoms with E-state index in [0.29, 0.717) is 52.0 Å². The van der Waals surface area contributed by atoms with Crippen LogP contribution in [-0.2, 0) is 15.7 Å². The summed E-state index contributed by atoms with van der Waals surface area (Å²) in [4.78, 5) is 14.3. The third-order valence-electron chi connectivity index (χ3n) is 8.43. The van der Waals surface area contributed by atoms with Crippen molar-refractivity contribution >= 4 is 22.8 Å². The molecule has 12 heteroatoms. The van der Waals surface area contributed by atoms with E-state index in [-0.39, 0.29) is 5.78 Å². The molecule has 0 saturated heterocycles. The number of fused-ring (bicyclic) bond motifs is 2. The van der Waals surface area contributed by atoms with Crippen LogP contribution in [-0.4, -0.2) is 40.9 Å². The second-order valence-electron chi connectivity index (χ2n) is 12.0. The van der Waals surface area contributed by atoms with Crippen LogP contribution in [0.2, 0.25) is 0 Å². The largest absolute Gasteiger partial charge is 0.529 e. The third kappa shape index (κ3) is 13.7. The second kappa shape index (κ2) is 26.4. The first-order valence-corrected chi connectivity index (χ1v) is 22.5. The zero-order chi connectivity index (χ0) is 43.9. The number of hydrogen-bond donors (Lipinski definition) is 0. The maximum atomic E-state index is 14.3. The van der Waals surface area contributed by atoms with Crippen molar-refractivity contribution in [3.63, 3.8) is 0 Å². The van der Waals surface area contributed by atoms with Crippen molar-refractivity contribution in [3.8, 4) is 40.2 Å². The molecular formula is C48H58O10P2. The normalized spacial score (nSPS) is 12.2. The quantitative estimate of drug-likeness (QED) is 0.0531. The minimum atomic E-state index is -2.08. The van der Waals surface area contributed by atoms with Crippen LogP contribution in [0.1, 0.15) is 73.7 Å². The number of ketones is 1. The number of carbonyl (C=O) groups is 1. The Morgan fingerprint density at radius 1 is 0.583 bits per heavy atom. The number of allylic oxidation sites excluding steroid dienone is 3. The van der Waals surface area contributed by atoms with Crippen LogP contribution in [0.4, 0.5) is 0 Å². The van der Waals surface area contributed by atoms with Crippen LogP contribution in [0.15, 0.2) is 133 Å². The molecule has 5 aromatic rings. The number of para-hydroxylation sites is 5. The van der Waals surface area contributed by atoms with Gasteiger partial charge in [0.05, 0.1) is 51.6 Å². The maximum absolute atomic E-state index is 14.3. The topological polar surface area (TPSA) is 100 Å². The number of rotatable bonds is 16. The highest BCUT2D eigenvalue weighted by Crippen LogP contribution is 2.48. The number of aryl methyl sites for hydroxylation is 1. The van der Waals surface area contributed by atoms with E-state index in [1.807, 2.05) is 133 Å². The molecular weight excluding hydrogens is 798 g/mol. The van der Waals surface area contributed by atoms with Gasteiger partial charge in [0, 0.05) is 13.1 Å². The van der Waals surface area contributed by atoms with Crippen molar-refractivity contribution < 1.29 is 46.4 Å². The van der Waals surface area contributed by atoms with E-state index < -0.39 is 17.0 Å². The molecule has 1 aliphatic rings. The van der Waals surface area contributed by atoms with E-state index in [4.69, 9.17) is 41.6 Å². The van der Waals surface area contributed by atoms with Crippen LogP contribution < -0.4 is 32.3 Å². The molecule has 320 valence electrons. The molecule has 2 unspecified atom stereocenters. The van der Waals surface area contributed by atoms with Crippen LogP contribution >= 0.6 is 17.0 Å². The van der Waals surface area contributed by atoms with E-state index >= 15 is 0 Å². The number of carbonyl (C=O) groups excluding carboxylic acids is 1. The van der Waals surface area contributed by atoms with Gasteiger partial charge in [0.25, 0.3) is 8.38 Å². The molecule has 5 aromatic carbocycles. The lowest BCUT2D eigenvalue weighted by atomic mass is 9.84. The molecule has 0 fully saturated rings. The maximum Gasteiger partial charge on any atom is 0.529 e. The average Bonchev–Trinajstić information content (AvgIpc) is 3.28. The summed E-state index contributed by atoms with van der Waals surface area (Å²) in [7, 11) is 2.90. The Kier molecular flexibility index (Phi) is 21.4. The molecule has 0 aromatic heterocycles. The molecule has 0 bridgehead atoms. The average molecular weight is 857 g/mol. The number of benzene rings is 5. The summed E-state index contributed by atoms with van der Waals surface area (Å²) in [5.74, 6) is 4.36. The van der Waals surface area contributed by atoms with Crippen LogP contribution in [0.5, 0.6) is 40.2 Å². The highest BCUT2D eigenvalue weighted by molar-refractivity contribution is 7.47. The summed E-state index contributed by atoms with van der Waals surface area (Å²) in [5, 5.41) is 0. The number of ether oxygens (including phenoxy) is 4. The molecule has 0 aliphatic heterocycles. The van der Waals surface area contributed by atoms with E-state index in [0.717, 1.165) is 29.1 Å². The zero-order valence-corrected chi connectivity index (χ0v) is 38.3. The van der Waals surface area contributed by atoms with Crippen LogP contribution in [0, 0.1) is 6.92 Å². The molecule has 0 heterocycles. The molecule has 0 saturated carbocycles. The van der Waals surface area contributed by atoms with Crippen molar-refractivity contribution in [2.75, 3.05) is 35.1 Å². The smallest absolute Gasteiger partial charge is 0.501 e. The van der Waals surface area contributed by atoms with Crippen molar-refractivity contribution in [3.05, 3.63) is 161 Å². The SMILES string of the molecule is CC.CC.CC/C(=C\C=C/OP(Oc1ccccc1OC)Oc1cccc2c1C(=O)c1c(cccc1OP(C)Oc1ccccc1OC)C2)OC.COc1ccccc1C. The molecule has 10 nitrogen and oxygen atoms in total. The Labute approximate surface area is 358 Å². The van der Waals surface area contributed by atoms with E-state index in [2.05, 4.69) is 0 Å². The molecule has 0 N–H and O–H groups in total. The standard InChI is InChI=1S/C36H36O9P2.C8H10O.2C2H6/c1-6-27(38-2)16-13-23-41-47(44-31-20-10-8-18-29(31)40-4)45-33-22-12-15-26-24-25-14-11-21-32(34(25)36(37)35(26)33)43-46(5)42-30-19-9-7-17-28(30)39-3;1-7-5-3-4-6-8(7)9-2;2*1-2/h7-23H,6,24H2,1-5H3;3-6H,1-2H3;2*1-2H3/b23-13-,27-16+;;;. The van der Waals surface area contributed by atoms with Gasteiger partial charge in [-0.15, -0.1) is 0 Å².